The van der Waals surface area contributed by atoms with Crippen molar-refractivity contribution in [1.29, 1.82) is 0 Å². The Balaban J connectivity index is 2.18. The Labute approximate surface area is 115 Å². The van der Waals surface area contributed by atoms with Gasteiger partial charge in [-0.3, -0.25) is 0 Å². The highest BCUT2D eigenvalue weighted by Gasteiger charge is 1.99. The molecule has 1 rings (SSSR count). The maximum absolute atomic E-state index is 5.52. The van der Waals surface area contributed by atoms with E-state index in [4.69, 9.17) is 9.47 Å². The summed E-state index contributed by atoms with van der Waals surface area (Å²) >= 11 is 0. The van der Waals surface area contributed by atoms with Gasteiger partial charge < -0.3 is 14.8 Å². The van der Waals surface area contributed by atoms with E-state index >= 15 is 0 Å². The SMILES string of the molecule is CCCOc1cc(NCCOCCC(C)C)ncn1. The Morgan fingerprint density at radius 2 is 2.05 bits per heavy atom. The lowest BCUT2D eigenvalue weighted by Gasteiger charge is -2.09. The molecule has 5 heteroatoms. The van der Waals surface area contributed by atoms with E-state index in [1.54, 1.807) is 0 Å². The third kappa shape index (κ3) is 7.62. The summed E-state index contributed by atoms with van der Waals surface area (Å²) in [6.07, 6.45) is 3.58. The van der Waals surface area contributed by atoms with Crippen LogP contribution in [-0.4, -0.2) is 36.3 Å². The van der Waals surface area contributed by atoms with Crippen molar-refractivity contribution in [2.75, 3.05) is 31.7 Å². The van der Waals surface area contributed by atoms with Gasteiger partial charge >= 0.3 is 0 Å². The summed E-state index contributed by atoms with van der Waals surface area (Å²) in [6, 6.07) is 1.81. The van der Waals surface area contributed by atoms with E-state index in [1.807, 2.05) is 6.07 Å². The molecule has 1 N–H and O–H groups in total. The van der Waals surface area contributed by atoms with Gasteiger partial charge in [0.25, 0.3) is 0 Å². The Kier molecular flexibility index (Phi) is 7.89. The summed E-state index contributed by atoms with van der Waals surface area (Å²) in [5.41, 5.74) is 0. The van der Waals surface area contributed by atoms with Crippen molar-refractivity contribution in [3.8, 4) is 5.88 Å². The molecule has 108 valence electrons. The van der Waals surface area contributed by atoms with Crippen LogP contribution in [0.3, 0.4) is 0 Å². The van der Waals surface area contributed by atoms with E-state index in [9.17, 15) is 0 Å². The van der Waals surface area contributed by atoms with E-state index in [2.05, 4.69) is 36.1 Å². The molecular formula is C14H25N3O2. The summed E-state index contributed by atoms with van der Waals surface area (Å²) in [5.74, 6) is 2.07. The minimum absolute atomic E-state index is 0.611. The van der Waals surface area contributed by atoms with E-state index in [0.29, 0.717) is 25.0 Å². The highest BCUT2D eigenvalue weighted by molar-refractivity contribution is 5.36. The monoisotopic (exact) mass is 267 g/mol. The highest BCUT2D eigenvalue weighted by Crippen LogP contribution is 2.10. The lowest BCUT2D eigenvalue weighted by Crippen LogP contribution is -2.12. The molecule has 0 saturated carbocycles. The molecule has 0 saturated heterocycles. The molecule has 0 aliphatic heterocycles. The minimum atomic E-state index is 0.611. The van der Waals surface area contributed by atoms with Crippen molar-refractivity contribution in [1.82, 2.24) is 9.97 Å². The lowest BCUT2D eigenvalue weighted by atomic mass is 10.1. The maximum Gasteiger partial charge on any atom is 0.218 e. The Bertz CT molecular complexity index is 345. The zero-order chi connectivity index (χ0) is 13.9. The van der Waals surface area contributed by atoms with Crippen LogP contribution in [0.4, 0.5) is 5.82 Å². The molecule has 0 atom stereocenters. The molecule has 0 amide bonds. The average Bonchev–Trinajstić information content (AvgIpc) is 2.40. The standard InChI is InChI=1S/C14H25N3O2/c1-4-7-19-14-10-13(16-11-17-14)15-6-9-18-8-5-12(2)3/h10-12H,4-9H2,1-3H3,(H,15,16,17). The Hall–Kier alpha value is -1.36. The molecule has 1 heterocycles. The normalized spacial score (nSPS) is 10.7. The number of nitrogens with zero attached hydrogens (tertiary/aromatic N) is 2. The quantitative estimate of drug-likeness (QED) is 0.661. The van der Waals surface area contributed by atoms with Gasteiger partial charge in [-0.1, -0.05) is 20.8 Å². The second kappa shape index (κ2) is 9.55. The topological polar surface area (TPSA) is 56.3 Å². The smallest absolute Gasteiger partial charge is 0.218 e. The van der Waals surface area contributed by atoms with Gasteiger partial charge in [-0.25, -0.2) is 9.97 Å². The van der Waals surface area contributed by atoms with Crippen LogP contribution in [0.15, 0.2) is 12.4 Å². The Morgan fingerprint density at radius 1 is 1.21 bits per heavy atom. The maximum atomic E-state index is 5.52. The van der Waals surface area contributed by atoms with E-state index < -0.39 is 0 Å². The van der Waals surface area contributed by atoms with Crippen molar-refractivity contribution in [2.45, 2.75) is 33.6 Å². The molecule has 0 unspecified atom stereocenters. The zero-order valence-electron chi connectivity index (χ0n) is 12.2. The number of nitrogens with one attached hydrogen (secondary N) is 1. The molecule has 0 fully saturated rings. The predicted molar refractivity (Wildman–Crippen MR) is 76.6 cm³/mol. The molecule has 0 bridgehead atoms. The van der Waals surface area contributed by atoms with Crippen LogP contribution in [0.25, 0.3) is 0 Å². The van der Waals surface area contributed by atoms with Gasteiger partial charge in [-0.05, 0) is 18.8 Å². The lowest BCUT2D eigenvalue weighted by molar-refractivity contribution is 0.132. The van der Waals surface area contributed by atoms with Crippen molar-refractivity contribution in [3.05, 3.63) is 12.4 Å². The van der Waals surface area contributed by atoms with Crippen LogP contribution in [-0.2, 0) is 4.74 Å². The minimum Gasteiger partial charge on any atom is -0.478 e. The fraction of sp³-hybridized carbons (Fsp3) is 0.714. The zero-order valence-corrected chi connectivity index (χ0v) is 12.2. The van der Waals surface area contributed by atoms with Crippen LogP contribution >= 0.6 is 0 Å². The number of ether oxygens (including phenoxy) is 2. The van der Waals surface area contributed by atoms with Crippen LogP contribution in [0.1, 0.15) is 33.6 Å². The van der Waals surface area contributed by atoms with Gasteiger partial charge in [0.2, 0.25) is 5.88 Å². The van der Waals surface area contributed by atoms with Gasteiger partial charge in [0.1, 0.15) is 12.1 Å². The Morgan fingerprint density at radius 3 is 2.79 bits per heavy atom. The molecule has 0 aliphatic carbocycles. The van der Waals surface area contributed by atoms with Gasteiger partial charge in [-0.15, -0.1) is 0 Å². The van der Waals surface area contributed by atoms with Gasteiger partial charge in [-0.2, -0.15) is 0 Å². The van der Waals surface area contributed by atoms with Crippen molar-refractivity contribution < 1.29 is 9.47 Å². The number of anilines is 1. The molecule has 1 aromatic heterocycles. The molecule has 19 heavy (non-hydrogen) atoms. The van der Waals surface area contributed by atoms with Crippen LogP contribution in [0.2, 0.25) is 0 Å². The average molecular weight is 267 g/mol. The fourth-order valence-corrected chi connectivity index (χ4v) is 1.39. The third-order valence-corrected chi connectivity index (χ3v) is 2.49. The van der Waals surface area contributed by atoms with Crippen molar-refractivity contribution in [3.63, 3.8) is 0 Å². The van der Waals surface area contributed by atoms with E-state index in [-0.39, 0.29) is 0 Å². The second-order valence-electron chi connectivity index (χ2n) is 4.81. The first-order valence-corrected chi connectivity index (χ1v) is 6.98. The number of aromatic nitrogens is 2. The number of rotatable bonds is 10. The molecule has 0 radical (unpaired) electrons. The van der Waals surface area contributed by atoms with E-state index in [0.717, 1.165) is 31.8 Å². The first-order valence-electron chi connectivity index (χ1n) is 6.98. The number of hydrogen-bond donors (Lipinski definition) is 1. The van der Waals surface area contributed by atoms with E-state index in [1.165, 1.54) is 6.33 Å². The molecule has 0 spiro atoms. The molecule has 0 aromatic carbocycles. The first kappa shape index (κ1) is 15.7. The largest absolute Gasteiger partial charge is 0.478 e. The second-order valence-corrected chi connectivity index (χ2v) is 4.81. The molecule has 1 aromatic rings. The summed E-state index contributed by atoms with van der Waals surface area (Å²) in [5, 5.41) is 3.19. The van der Waals surface area contributed by atoms with Crippen LogP contribution in [0, 0.1) is 5.92 Å². The summed E-state index contributed by atoms with van der Waals surface area (Å²) in [7, 11) is 0. The van der Waals surface area contributed by atoms with Crippen LogP contribution < -0.4 is 10.1 Å². The highest BCUT2D eigenvalue weighted by atomic mass is 16.5. The van der Waals surface area contributed by atoms with Crippen LogP contribution in [0.5, 0.6) is 5.88 Å². The van der Waals surface area contributed by atoms with Gasteiger partial charge in [0.15, 0.2) is 0 Å². The van der Waals surface area contributed by atoms with Gasteiger partial charge in [0, 0.05) is 19.2 Å². The summed E-state index contributed by atoms with van der Waals surface area (Å²) in [6.45, 7) is 9.36. The fourth-order valence-electron chi connectivity index (χ4n) is 1.39. The molecular weight excluding hydrogens is 242 g/mol. The van der Waals surface area contributed by atoms with Crippen molar-refractivity contribution in [2.24, 2.45) is 5.92 Å². The number of hydrogen-bond acceptors (Lipinski definition) is 5. The predicted octanol–water partition coefficient (Wildman–Crippen LogP) is 2.74. The third-order valence-electron chi connectivity index (χ3n) is 2.49. The van der Waals surface area contributed by atoms with Gasteiger partial charge in [0.05, 0.1) is 13.2 Å². The summed E-state index contributed by atoms with van der Waals surface area (Å²) < 4.78 is 11.0. The molecule has 0 aliphatic rings. The summed E-state index contributed by atoms with van der Waals surface area (Å²) in [4.78, 5) is 8.19. The molecule has 5 nitrogen and oxygen atoms in total. The van der Waals surface area contributed by atoms with Crippen molar-refractivity contribution >= 4 is 5.82 Å². The first-order chi connectivity index (χ1) is 9.22.